The van der Waals surface area contributed by atoms with Crippen molar-refractivity contribution in [1.29, 1.82) is 0 Å². The molecule has 0 spiro atoms. The van der Waals surface area contributed by atoms with Gasteiger partial charge in [0.15, 0.2) is 0 Å². The number of benzene rings is 1. The van der Waals surface area contributed by atoms with Gasteiger partial charge in [-0.05, 0) is 30.5 Å². The zero-order valence-corrected chi connectivity index (χ0v) is 12.4. The van der Waals surface area contributed by atoms with E-state index in [1.54, 1.807) is 0 Å². The van der Waals surface area contributed by atoms with Crippen LogP contribution in [0, 0.1) is 17.8 Å². The monoisotopic (exact) mass is 286 g/mol. The van der Waals surface area contributed by atoms with Gasteiger partial charge in [-0.25, -0.2) is 0 Å². The van der Waals surface area contributed by atoms with Gasteiger partial charge in [-0.3, -0.25) is 4.79 Å². The predicted octanol–water partition coefficient (Wildman–Crippen LogP) is 1.43. The van der Waals surface area contributed by atoms with Crippen molar-refractivity contribution in [3.63, 3.8) is 0 Å². The Labute approximate surface area is 126 Å². The van der Waals surface area contributed by atoms with Gasteiger partial charge in [0, 0.05) is 18.7 Å². The molecule has 1 aromatic rings. The van der Waals surface area contributed by atoms with Gasteiger partial charge >= 0.3 is 0 Å². The number of ether oxygens (including phenoxy) is 1. The Hall–Kier alpha value is -1.83. The van der Waals surface area contributed by atoms with E-state index in [1.165, 1.54) is 0 Å². The molecule has 0 aliphatic carbocycles. The molecule has 0 saturated carbocycles. The van der Waals surface area contributed by atoms with E-state index < -0.39 is 0 Å². The summed E-state index contributed by atoms with van der Waals surface area (Å²) in [5, 5.41) is 3.00. The lowest BCUT2D eigenvalue weighted by molar-refractivity contribution is -0.126. The molecule has 2 rings (SSSR count). The maximum atomic E-state index is 12.2. The molecule has 112 valence electrons. The van der Waals surface area contributed by atoms with E-state index in [1.807, 2.05) is 24.3 Å². The maximum Gasteiger partial charge on any atom is 0.226 e. The Kier molecular flexibility index (Phi) is 5.79. The van der Waals surface area contributed by atoms with Crippen LogP contribution in [0.4, 0.5) is 0 Å². The Morgan fingerprint density at radius 3 is 3.14 bits per heavy atom. The predicted molar refractivity (Wildman–Crippen MR) is 82.4 cm³/mol. The lowest BCUT2D eigenvalue weighted by Crippen LogP contribution is -2.34. The van der Waals surface area contributed by atoms with Gasteiger partial charge in [0.2, 0.25) is 5.91 Å². The molecule has 1 amide bonds. The molecule has 4 nitrogen and oxygen atoms in total. The summed E-state index contributed by atoms with van der Waals surface area (Å²) in [6, 6.07) is 7.84. The molecule has 4 heteroatoms. The number of rotatable bonds is 4. The number of carbonyl (C=O) groups excluding carboxylic acids is 1. The fourth-order valence-electron chi connectivity index (χ4n) is 2.58. The van der Waals surface area contributed by atoms with Crippen molar-refractivity contribution in [2.45, 2.75) is 32.4 Å². The summed E-state index contributed by atoms with van der Waals surface area (Å²) in [4.78, 5) is 12.2. The molecule has 1 aromatic carbocycles. The second-order valence-electron chi connectivity index (χ2n) is 5.14. The first kappa shape index (κ1) is 15.6. The lowest BCUT2D eigenvalue weighted by atomic mass is 9.98. The largest absolute Gasteiger partial charge is 0.377 e. The Morgan fingerprint density at radius 2 is 2.38 bits per heavy atom. The van der Waals surface area contributed by atoms with E-state index in [0.717, 1.165) is 24.0 Å². The van der Waals surface area contributed by atoms with Crippen LogP contribution in [0.5, 0.6) is 0 Å². The summed E-state index contributed by atoms with van der Waals surface area (Å²) in [5.74, 6) is 5.89. The van der Waals surface area contributed by atoms with Crippen molar-refractivity contribution in [1.82, 2.24) is 5.32 Å². The van der Waals surface area contributed by atoms with Crippen molar-refractivity contribution < 1.29 is 9.53 Å². The van der Waals surface area contributed by atoms with E-state index in [-0.39, 0.29) is 17.9 Å². The zero-order chi connectivity index (χ0) is 15.1. The summed E-state index contributed by atoms with van der Waals surface area (Å²) in [7, 11) is 0. The summed E-state index contributed by atoms with van der Waals surface area (Å²) in [5.41, 5.74) is 7.33. The number of amides is 1. The van der Waals surface area contributed by atoms with Crippen LogP contribution < -0.4 is 11.1 Å². The molecule has 1 aliphatic rings. The van der Waals surface area contributed by atoms with Crippen LogP contribution in [0.2, 0.25) is 0 Å². The van der Waals surface area contributed by atoms with E-state index >= 15 is 0 Å². The second-order valence-corrected chi connectivity index (χ2v) is 5.14. The van der Waals surface area contributed by atoms with Crippen LogP contribution in [0.15, 0.2) is 24.3 Å². The summed E-state index contributed by atoms with van der Waals surface area (Å²) < 4.78 is 5.56. The molecule has 0 radical (unpaired) electrons. The number of hydrogen-bond donors (Lipinski definition) is 2. The fraction of sp³-hybridized carbons (Fsp3) is 0.471. The van der Waals surface area contributed by atoms with Gasteiger partial charge in [-0.1, -0.05) is 30.9 Å². The Morgan fingerprint density at radius 1 is 1.52 bits per heavy atom. The van der Waals surface area contributed by atoms with Crippen molar-refractivity contribution in [2.75, 3.05) is 13.2 Å². The molecule has 1 heterocycles. The third kappa shape index (κ3) is 4.32. The van der Waals surface area contributed by atoms with Crippen LogP contribution in [0.1, 0.15) is 30.9 Å². The molecule has 1 saturated heterocycles. The second kappa shape index (κ2) is 7.82. The molecule has 0 bridgehead atoms. The molecule has 0 aromatic heterocycles. The Balaban J connectivity index is 1.92. The van der Waals surface area contributed by atoms with Crippen molar-refractivity contribution in [3.8, 4) is 11.8 Å². The first-order chi connectivity index (χ1) is 10.2. The third-order valence-electron chi connectivity index (χ3n) is 3.68. The van der Waals surface area contributed by atoms with Gasteiger partial charge in [0.1, 0.15) is 0 Å². The minimum atomic E-state index is -0.0183. The Bertz CT molecular complexity index is 545. The number of nitrogens with one attached hydrogen (secondary N) is 1. The van der Waals surface area contributed by atoms with Crippen LogP contribution in [-0.4, -0.2) is 25.2 Å². The van der Waals surface area contributed by atoms with Gasteiger partial charge in [-0.15, -0.1) is 0 Å². The van der Waals surface area contributed by atoms with E-state index in [0.29, 0.717) is 19.7 Å². The maximum absolute atomic E-state index is 12.2. The van der Waals surface area contributed by atoms with Crippen molar-refractivity contribution in [2.24, 2.45) is 11.7 Å². The molecule has 3 N–H and O–H groups in total. The topological polar surface area (TPSA) is 64.3 Å². The van der Waals surface area contributed by atoms with E-state index in [9.17, 15) is 4.79 Å². The molecule has 2 unspecified atom stereocenters. The molecular formula is C17H22N2O2. The normalized spacial score (nSPS) is 20.7. The SMILES string of the molecule is CCC1OCCC1C(=O)NCc1cccc(C#CCN)c1. The first-order valence-electron chi connectivity index (χ1n) is 7.41. The van der Waals surface area contributed by atoms with E-state index in [4.69, 9.17) is 10.5 Å². The van der Waals surface area contributed by atoms with Crippen molar-refractivity contribution >= 4 is 5.91 Å². The van der Waals surface area contributed by atoms with Crippen LogP contribution >= 0.6 is 0 Å². The lowest BCUT2D eigenvalue weighted by Gasteiger charge is -2.16. The summed E-state index contributed by atoms with van der Waals surface area (Å²) >= 11 is 0. The zero-order valence-electron chi connectivity index (χ0n) is 12.4. The smallest absolute Gasteiger partial charge is 0.226 e. The molecule has 21 heavy (non-hydrogen) atoms. The van der Waals surface area contributed by atoms with Gasteiger partial charge in [0.05, 0.1) is 18.6 Å². The first-order valence-corrected chi connectivity index (χ1v) is 7.41. The van der Waals surface area contributed by atoms with Crippen LogP contribution in [-0.2, 0) is 16.1 Å². The number of nitrogens with two attached hydrogens (primary N) is 1. The van der Waals surface area contributed by atoms with Gasteiger partial charge < -0.3 is 15.8 Å². The molecular weight excluding hydrogens is 264 g/mol. The number of hydrogen-bond acceptors (Lipinski definition) is 3. The number of carbonyl (C=O) groups is 1. The highest BCUT2D eigenvalue weighted by Gasteiger charge is 2.32. The van der Waals surface area contributed by atoms with Gasteiger partial charge in [0.25, 0.3) is 0 Å². The quantitative estimate of drug-likeness (QED) is 0.823. The average molecular weight is 286 g/mol. The summed E-state index contributed by atoms with van der Waals surface area (Å²) in [6.45, 7) is 3.60. The molecule has 1 fully saturated rings. The van der Waals surface area contributed by atoms with Crippen LogP contribution in [0.25, 0.3) is 0 Å². The fourth-order valence-corrected chi connectivity index (χ4v) is 2.58. The molecule has 2 atom stereocenters. The van der Waals surface area contributed by atoms with Crippen LogP contribution in [0.3, 0.4) is 0 Å². The summed E-state index contributed by atoms with van der Waals surface area (Å²) in [6.07, 6.45) is 1.75. The van der Waals surface area contributed by atoms with E-state index in [2.05, 4.69) is 24.1 Å². The average Bonchev–Trinajstić information content (AvgIpc) is 2.99. The van der Waals surface area contributed by atoms with Gasteiger partial charge in [-0.2, -0.15) is 0 Å². The standard InChI is InChI=1S/C17H22N2O2/c1-2-16-15(8-10-21-16)17(20)19-12-14-6-3-5-13(11-14)7-4-9-18/h3,5-6,11,15-16H,2,8-10,12,18H2,1H3,(H,19,20). The highest BCUT2D eigenvalue weighted by atomic mass is 16.5. The highest BCUT2D eigenvalue weighted by Crippen LogP contribution is 2.23. The third-order valence-corrected chi connectivity index (χ3v) is 3.68. The highest BCUT2D eigenvalue weighted by molar-refractivity contribution is 5.79. The van der Waals surface area contributed by atoms with Crippen molar-refractivity contribution in [3.05, 3.63) is 35.4 Å². The minimum absolute atomic E-state index is 0.0183. The minimum Gasteiger partial charge on any atom is -0.377 e. The molecule has 1 aliphatic heterocycles.